The first kappa shape index (κ1) is 17.2. The lowest BCUT2D eigenvalue weighted by Crippen LogP contribution is -2.31. The van der Waals surface area contributed by atoms with Crippen molar-refractivity contribution in [1.29, 1.82) is 0 Å². The molecule has 1 aromatic carbocycles. The van der Waals surface area contributed by atoms with Gasteiger partial charge in [-0.2, -0.15) is 17.8 Å². The summed E-state index contributed by atoms with van der Waals surface area (Å²) in [5.74, 6) is -0.585. The second-order valence-electron chi connectivity index (χ2n) is 5.02. The van der Waals surface area contributed by atoms with Gasteiger partial charge in [-0.1, -0.05) is 30.3 Å². The summed E-state index contributed by atoms with van der Waals surface area (Å²) < 4.78 is 31.7. The van der Waals surface area contributed by atoms with Gasteiger partial charge in [-0.05, 0) is 12.5 Å². The molecule has 0 radical (unpaired) electrons. The standard InChI is InChI=1S/C15H19N3O4S/c1-4-22-15(19)13-11-16-18(23(20,21)17(2)3)14(13)10-12-8-6-5-7-9-12/h5-9,11H,4,10H2,1-3H3. The van der Waals surface area contributed by atoms with Crippen LogP contribution in [0.4, 0.5) is 0 Å². The Balaban J connectivity index is 2.54. The largest absolute Gasteiger partial charge is 0.462 e. The van der Waals surface area contributed by atoms with Crippen LogP contribution in [0.25, 0.3) is 0 Å². The highest BCUT2D eigenvalue weighted by Gasteiger charge is 2.27. The van der Waals surface area contributed by atoms with E-state index in [9.17, 15) is 13.2 Å². The van der Waals surface area contributed by atoms with Crippen LogP contribution in [-0.2, 0) is 21.4 Å². The van der Waals surface area contributed by atoms with E-state index in [0.29, 0.717) is 0 Å². The van der Waals surface area contributed by atoms with Gasteiger partial charge in [-0.15, -0.1) is 4.09 Å². The Hall–Kier alpha value is -2.19. The summed E-state index contributed by atoms with van der Waals surface area (Å²) in [5.41, 5.74) is 1.30. The van der Waals surface area contributed by atoms with E-state index in [-0.39, 0.29) is 24.3 Å². The van der Waals surface area contributed by atoms with Gasteiger partial charge in [-0.25, -0.2) is 4.79 Å². The Bertz CT molecular complexity index is 782. The average Bonchev–Trinajstić information content (AvgIpc) is 2.92. The third-order valence-corrected chi connectivity index (χ3v) is 4.90. The van der Waals surface area contributed by atoms with E-state index < -0.39 is 16.2 Å². The zero-order chi connectivity index (χ0) is 17.0. The van der Waals surface area contributed by atoms with Gasteiger partial charge in [0.05, 0.1) is 18.5 Å². The van der Waals surface area contributed by atoms with E-state index in [1.807, 2.05) is 30.3 Å². The molecule has 23 heavy (non-hydrogen) atoms. The quantitative estimate of drug-likeness (QED) is 0.742. The smallest absolute Gasteiger partial charge is 0.341 e. The molecule has 0 aliphatic heterocycles. The molecule has 0 saturated heterocycles. The maximum absolute atomic E-state index is 12.4. The molecule has 0 amide bonds. The molecule has 2 aromatic rings. The number of rotatable bonds is 6. The highest BCUT2D eigenvalue weighted by atomic mass is 32.2. The predicted octanol–water partition coefficient (Wildman–Crippen LogP) is 1.31. The van der Waals surface area contributed by atoms with E-state index in [1.54, 1.807) is 6.92 Å². The molecule has 8 heteroatoms. The van der Waals surface area contributed by atoms with Gasteiger partial charge < -0.3 is 4.74 Å². The van der Waals surface area contributed by atoms with Crippen LogP contribution < -0.4 is 0 Å². The minimum atomic E-state index is -3.82. The summed E-state index contributed by atoms with van der Waals surface area (Å²) in [6.45, 7) is 1.89. The number of nitrogens with zero attached hydrogens (tertiary/aromatic N) is 3. The Morgan fingerprint density at radius 2 is 1.91 bits per heavy atom. The van der Waals surface area contributed by atoms with Crippen molar-refractivity contribution < 1.29 is 17.9 Å². The van der Waals surface area contributed by atoms with Crippen LogP contribution in [0, 0.1) is 0 Å². The highest BCUT2D eigenvalue weighted by Crippen LogP contribution is 2.18. The fourth-order valence-electron chi connectivity index (χ4n) is 2.04. The molecule has 0 aliphatic rings. The Morgan fingerprint density at radius 3 is 2.48 bits per heavy atom. The van der Waals surface area contributed by atoms with Crippen LogP contribution in [-0.4, -0.2) is 48.6 Å². The summed E-state index contributed by atoms with van der Waals surface area (Å²) >= 11 is 0. The SMILES string of the molecule is CCOC(=O)c1cnn(S(=O)(=O)N(C)C)c1Cc1ccccc1. The lowest BCUT2D eigenvalue weighted by molar-refractivity contribution is 0.0525. The number of ether oxygens (including phenoxy) is 1. The molecule has 1 aromatic heterocycles. The van der Waals surface area contributed by atoms with Gasteiger partial charge in [0.15, 0.2) is 0 Å². The van der Waals surface area contributed by atoms with Crippen molar-refractivity contribution in [3.63, 3.8) is 0 Å². The van der Waals surface area contributed by atoms with Crippen LogP contribution in [0.1, 0.15) is 28.5 Å². The predicted molar refractivity (Wildman–Crippen MR) is 85.4 cm³/mol. The number of esters is 1. The first-order chi connectivity index (χ1) is 10.9. The Labute approximate surface area is 135 Å². The molecule has 124 valence electrons. The third kappa shape index (κ3) is 3.59. The van der Waals surface area contributed by atoms with Gasteiger partial charge in [0.1, 0.15) is 5.56 Å². The maximum atomic E-state index is 12.4. The number of hydrogen-bond donors (Lipinski definition) is 0. The zero-order valence-corrected chi connectivity index (χ0v) is 14.1. The monoisotopic (exact) mass is 337 g/mol. The number of benzene rings is 1. The van der Waals surface area contributed by atoms with Crippen molar-refractivity contribution in [1.82, 2.24) is 13.5 Å². The van der Waals surface area contributed by atoms with Crippen LogP contribution in [0.3, 0.4) is 0 Å². The van der Waals surface area contributed by atoms with E-state index in [1.165, 1.54) is 20.3 Å². The molecule has 1 heterocycles. The fraction of sp³-hybridized carbons (Fsp3) is 0.333. The van der Waals surface area contributed by atoms with Crippen molar-refractivity contribution in [3.05, 3.63) is 53.3 Å². The highest BCUT2D eigenvalue weighted by molar-refractivity contribution is 7.87. The zero-order valence-electron chi connectivity index (χ0n) is 13.3. The molecule has 0 bridgehead atoms. The molecule has 0 spiro atoms. The van der Waals surface area contributed by atoms with E-state index in [0.717, 1.165) is 14.0 Å². The Morgan fingerprint density at radius 1 is 1.26 bits per heavy atom. The van der Waals surface area contributed by atoms with Crippen molar-refractivity contribution in [3.8, 4) is 0 Å². The first-order valence-corrected chi connectivity index (χ1v) is 8.48. The van der Waals surface area contributed by atoms with E-state index >= 15 is 0 Å². The summed E-state index contributed by atoms with van der Waals surface area (Å²) in [7, 11) is -1.00. The molecule has 0 aliphatic carbocycles. The molecule has 0 unspecified atom stereocenters. The Kier molecular flexibility index (Phi) is 5.17. The molecule has 0 fully saturated rings. The van der Waals surface area contributed by atoms with Gasteiger partial charge in [0.25, 0.3) is 0 Å². The fourth-order valence-corrected chi connectivity index (χ4v) is 2.96. The minimum Gasteiger partial charge on any atom is -0.462 e. The van der Waals surface area contributed by atoms with Gasteiger partial charge in [0.2, 0.25) is 0 Å². The average molecular weight is 337 g/mol. The van der Waals surface area contributed by atoms with Crippen molar-refractivity contribution >= 4 is 16.2 Å². The van der Waals surface area contributed by atoms with Gasteiger partial charge >= 0.3 is 16.2 Å². The normalized spacial score (nSPS) is 11.7. The van der Waals surface area contributed by atoms with E-state index in [2.05, 4.69) is 5.10 Å². The van der Waals surface area contributed by atoms with Crippen LogP contribution in [0.2, 0.25) is 0 Å². The van der Waals surface area contributed by atoms with Gasteiger partial charge in [-0.3, -0.25) is 0 Å². The summed E-state index contributed by atoms with van der Waals surface area (Å²) in [5, 5.41) is 3.89. The molecule has 7 nitrogen and oxygen atoms in total. The number of hydrogen-bond acceptors (Lipinski definition) is 5. The molecule has 0 atom stereocenters. The maximum Gasteiger partial charge on any atom is 0.341 e. The third-order valence-electron chi connectivity index (χ3n) is 3.22. The topological polar surface area (TPSA) is 81.5 Å². The lowest BCUT2D eigenvalue weighted by Gasteiger charge is -2.14. The van der Waals surface area contributed by atoms with Crippen LogP contribution >= 0.6 is 0 Å². The number of aromatic nitrogens is 2. The molecule has 2 rings (SSSR count). The van der Waals surface area contributed by atoms with E-state index in [4.69, 9.17) is 4.74 Å². The second kappa shape index (κ2) is 6.93. The molecular formula is C15H19N3O4S. The van der Waals surface area contributed by atoms with Crippen LogP contribution in [0.15, 0.2) is 36.5 Å². The first-order valence-electron chi connectivity index (χ1n) is 7.09. The number of carbonyl (C=O) groups excluding carboxylic acids is 1. The van der Waals surface area contributed by atoms with Crippen molar-refractivity contribution in [2.45, 2.75) is 13.3 Å². The summed E-state index contributed by atoms with van der Waals surface area (Å²) in [4.78, 5) is 12.1. The van der Waals surface area contributed by atoms with Crippen molar-refractivity contribution in [2.24, 2.45) is 0 Å². The summed E-state index contributed by atoms with van der Waals surface area (Å²) in [6, 6.07) is 9.27. The number of carbonyl (C=O) groups is 1. The molecule has 0 N–H and O–H groups in total. The molecule has 0 saturated carbocycles. The minimum absolute atomic E-state index is 0.154. The molecular weight excluding hydrogens is 318 g/mol. The second-order valence-corrected chi connectivity index (χ2v) is 6.99. The van der Waals surface area contributed by atoms with Crippen LogP contribution in [0.5, 0.6) is 0 Å². The van der Waals surface area contributed by atoms with Crippen molar-refractivity contribution in [2.75, 3.05) is 20.7 Å². The lowest BCUT2D eigenvalue weighted by atomic mass is 10.1. The summed E-state index contributed by atoms with van der Waals surface area (Å²) in [6.07, 6.45) is 1.49. The van der Waals surface area contributed by atoms with Gasteiger partial charge in [0, 0.05) is 20.5 Å².